The van der Waals surface area contributed by atoms with Gasteiger partial charge in [0.25, 0.3) is 0 Å². The van der Waals surface area contributed by atoms with E-state index >= 15 is 0 Å². The third-order valence-corrected chi connectivity index (χ3v) is 7.14. The Morgan fingerprint density at radius 2 is 1.93 bits per heavy atom. The van der Waals surface area contributed by atoms with Crippen LogP contribution in [0.3, 0.4) is 0 Å². The van der Waals surface area contributed by atoms with Gasteiger partial charge < -0.3 is 20.6 Å². The van der Waals surface area contributed by atoms with Crippen LogP contribution < -0.4 is 15.5 Å². The summed E-state index contributed by atoms with van der Waals surface area (Å²) in [4.78, 5) is 5.19. The molecule has 2 aromatic rings. The number of fused-ring (bicyclic) bond motifs is 3. The zero-order valence-corrected chi connectivity index (χ0v) is 15.9. The molecular weight excluding hydrogens is 352 g/mol. The lowest BCUT2D eigenvalue weighted by atomic mass is 9.61. The van der Waals surface area contributed by atoms with Gasteiger partial charge in [-0.3, -0.25) is 4.90 Å². The lowest BCUT2D eigenvalue weighted by Crippen LogP contribution is -2.68. The number of para-hydroxylation sites is 1. The number of phenolic OH excluding ortho intramolecular Hbond substituents is 1. The van der Waals surface area contributed by atoms with E-state index in [1.165, 1.54) is 25.9 Å². The summed E-state index contributed by atoms with van der Waals surface area (Å²) >= 11 is 0. The average molecular weight is 378 g/mol. The van der Waals surface area contributed by atoms with E-state index in [0.717, 1.165) is 55.0 Å². The molecule has 7 nitrogen and oxygen atoms in total. The van der Waals surface area contributed by atoms with Crippen LogP contribution >= 0.6 is 0 Å². The summed E-state index contributed by atoms with van der Waals surface area (Å²) in [7, 11) is 0. The average Bonchev–Trinajstić information content (AvgIpc) is 2.65. The highest BCUT2D eigenvalue weighted by atomic mass is 16.3. The summed E-state index contributed by atoms with van der Waals surface area (Å²) in [5.74, 6) is 1.10. The van der Waals surface area contributed by atoms with Gasteiger partial charge in [-0.1, -0.05) is 12.1 Å². The van der Waals surface area contributed by atoms with Crippen molar-refractivity contribution in [2.24, 2.45) is 5.41 Å². The number of aromatic hydroxyl groups is 1. The number of nitrogens with zero attached hydrogens (tertiary/aromatic N) is 4. The van der Waals surface area contributed by atoms with Crippen LogP contribution in [0.15, 0.2) is 30.3 Å². The fourth-order valence-electron chi connectivity index (χ4n) is 5.43. The first kappa shape index (κ1) is 16.6. The minimum atomic E-state index is 0.242. The Kier molecular flexibility index (Phi) is 3.58. The molecule has 0 amide bonds. The molecule has 3 aliphatic heterocycles. The molecule has 7 heteroatoms. The van der Waals surface area contributed by atoms with Gasteiger partial charge in [0.2, 0.25) is 0 Å². The third-order valence-electron chi connectivity index (χ3n) is 7.14. The molecule has 28 heavy (non-hydrogen) atoms. The van der Waals surface area contributed by atoms with Crippen molar-refractivity contribution < 1.29 is 5.11 Å². The van der Waals surface area contributed by atoms with Gasteiger partial charge in [-0.15, -0.1) is 10.2 Å². The van der Waals surface area contributed by atoms with Crippen LogP contribution in [-0.2, 0) is 0 Å². The predicted molar refractivity (Wildman–Crippen MR) is 109 cm³/mol. The SMILES string of the molecule is Oc1ccccc1-c1cc2c(nn1)NC[C@H]1CN(C3CC4(CNC4)C3)CCN21. The van der Waals surface area contributed by atoms with Crippen molar-refractivity contribution >= 4 is 11.5 Å². The van der Waals surface area contributed by atoms with Crippen LogP contribution in [0.25, 0.3) is 11.3 Å². The second kappa shape index (κ2) is 6.06. The van der Waals surface area contributed by atoms with Crippen molar-refractivity contribution in [3.63, 3.8) is 0 Å². The summed E-state index contributed by atoms with van der Waals surface area (Å²) in [6.45, 7) is 6.58. The summed E-state index contributed by atoms with van der Waals surface area (Å²) in [6, 6.07) is 10.6. The Balaban J connectivity index is 1.22. The molecule has 1 aliphatic carbocycles. The van der Waals surface area contributed by atoms with Gasteiger partial charge in [-0.2, -0.15) is 0 Å². The van der Waals surface area contributed by atoms with E-state index in [9.17, 15) is 5.11 Å². The van der Waals surface area contributed by atoms with Crippen LogP contribution in [0.5, 0.6) is 5.75 Å². The van der Waals surface area contributed by atoms with E-state index in [1.807, 2.05) is 18.2 Å². The molecular formula is C21H26N6O. The molecule has 4 heterocycles. The maximum atomic E-state index is 10.2. The second-order valence-corrected chi connectivity index (χ2v) is 8.87. The highest BCUT2D eigenvalue weighted by Crippen LogP contribution is 2.47. The van der Waals surface area contributed by atoms with Gasteiger partial charge in [0, 0.05) is 50.9 Å². The third kappa shape index (κ3) is 2.49. The van der Waals surface area contributed by atoms with Crippen LogP contribution in [0.1, 0.15) is 12.8 Å². The molecule has 0 unspecified atom stereocenters. The van der Waals surface area contributed by atoms with Crippen molar-refractivity contribution in [3.05, 3.63) is 30.3 Å². The first-order valence-electron chi connectivity index (χ1n) is 10.3. The number of nitrogens with one attached hydrogen (secondary N) is 2. The molecule has 1 atom stereocenters. The number of phenols is 1. The Labute approximate surface area is 164 Å². The Bertz CT molecular complexity index is 906. The molecule has 2 saturated heterocycles. The number of aromatic nitrogens is 2. The number of hydrogen-bond acceptors (Lipinski definition) is 7. The standard InChI is InChI=1S/C21H26N6O/c28-19-4-2-1-3-16(19)17-7-18-20(25-24-17)23-10-15-11-26(5-6-27(15)18)14-8-21(9-14)12-22-13-21/h1-4,7,14-15,22,28H,5-6,8-13H2,(H,23,25)/t15-/m0/s1. The molecule has 1 aromatic heterocycles. The highest BCUT2D eigenvalue weighted by molar-refractivity contribution is 5.76. The number of anilines is 2. The number of rotatable bonds is 2. The van der Waals surface area contributed by atoms with Gasteiger partial charge >= 0.3 is 0 Å². The quantitative estimate of drug-likeness (QED) is 0.731. The molecule has 1 saturated carbocycles. The Hall–Kier alpha value is -2.38. The van der Waals surface area contributed by atoms with Gasteiger partial charge in [-0.25, -0.2) is 0 Å². The molecule has 1 spiro atoms. The normalized spacial score (nSPS) is 26.0. The van der Waals surface area contributed by atoms with Gasteiger partial charge in [0.1, 0.15) is 5.75 Å². The van der Waals surface area contributed by atoms with Crippen LogP contribution in [0, 0.1) is 5.41 Å². The maximum Gasteiger partial charge on any atom is 0.172 e. The first-order chi connectivity index (χ1) is 13.7. The molecule has 3 fully saturated rings. The molecule has 6 rings (SSSR count). The topological polar surface area (TPSA) is 76.5 Å². The fourth-order valence-corrected chi connectivity index (χ4v) is 5.43. The molecule has 0 bridgehead atoms. The number of piperazine rings is 1. The van der Waals surface area contributed by atoms with Gasteiger partial charge in [0.15, 0.2) is 5.82 Å². The monoisotopic (exact) mass is 378 g/mol. The Morgan fingerprint density at radius 1 is 1.07 bits per heavy atom. The minimum absolute atomic E-state index is 0.242. The van der Waals surface area contributed by atoms with Gasteiger partial charge in [0.05, 0.1) is 17.4 Å². The van der Waals surface area contributed by atoms with Crippen molar-refractivity contribution in [2.45, 2.75) is 24.9 Å². The van der Waals surface area contributed by atoms with Crippen LogP contribution in [0.4, 0.5) is 11.5 Å². The largest absolute Gasteiger partial charge is 0.507 e. The molecule has 4 aliphatic rings. The fraction of sp³-hybridized carbons (Fsp3) is 0.524. The predicted octanol–water partition coefficient (Wildman–Crippen LogP) is 1.52. The van der Waals surface area contributed by atoms with E-state index in [2.05, 4.69) is 36.7 Å². The molecule has 0 radical (unpaired) electrons. The zero-order valence-electron chi connectivity index (χ0n) is 15.9. The zero-order chi connectivity index (χ0) is 18.7. The lowest BCUT2D eigenvalue weighted by molar-refractivity contribution is -0.0412. The number of hydrogen-bond donors (Lipinski definition) is 3. The van der Waals surface area contributed by atoms with E-state index in [4.69, 9.17) is 0 Å². The van der Waals surface area contributed by atoms with Crippen molar-refractivity contribution in [2.75, 3.05) is 49.5 Å². The number of benzene rings is 1. The molecule has 146 valence electrons. The molecule has 3 N–H and O–H groups in total. The summed E-state index contributed by atoms with van der Waals surface area (Å²) < 4.78 is 0. The van der Waals surface area contributed by atoms with Crippen LogP contribution in [0.2, 0.25) is 0 Å². The maximum absolute atomic E-state index is 10.2. The minimum Gasteiger partial charge on any atom is -0.507 e. The first-order valence-corrected chi connectivity index (χ1v) is 10.3. The lowest BCUT2D eigenvalue weighted by Gasteiger charge is -2.59. The Morgan fingerprint density at radius 3 is 2.71 bits per heavy atom. The van der Waals surface area contributed by atoms with E-state index in [0.29, 0.717) is 11.5 Å². The summed E-state index contributed by atoms with van der Waals surface area (Å²) in [5, 5.41) is 25.9. The summed E-state index contributed by atoms with van der Waals surface area (Å²) in [5.41, 5.74) is 3.19. The van der Waals surface area contributed by atoms with Crippen molar-refractivity contribution in [3.8, 4) is 17.0 Å². The van der Waals surface area contributed by atoms with Crippen molar-refractivity contribution in [1.82, 2.24) is 20.4 Å². The summed E-state index contributed by atoms with van der Waals surface area (Å²) in [6.07, 6.45) is 2.72. The van der Waals surface area contributed by atoms with Gasteiger partial charge in [-0.05, 0) is 36.5 Å². The second-order valence-electron chi connectivity index (χ2n) is 8.87. The molecule has 1 aromatic carbocycles. The van der Waals surface area contributed by atoms with E-state index < -0.39 is 0 Å². The van der Waals surface area contributed by atoms with E-state index in [1.54, 1.807) is 6.07 Å². The smallest absolute Gasteiger partial charge is 0.172 e. The highest BCUT2D eigenvalue weighted by Gasteiger charge is 2.51. The van der Waals surface area contributed by atoms with Crippen LogP contribution in [-0.4, -0.2) is 71.6 Å². The van der Waals surface area contributed by atoms with Crippen molar-refractivity contribution in [1.29, 1.82) is 0 Å². The van der Waals surface area contributed by atoms with E-state index in [-0.39, 0.29) is 5.75 Å².